The lowest BCUT2D eigenvalue weighted by Gasteiger charge is -2.21. The Kier molecular flexibility index (Phi) is 10.3. The molecule has 3 rings (SSSR count). The van der Waals surface area contributed by atoms with E-state index in [2.05, 4.69) is 19.1 Å². The molecule has 0 aliphatic heterocycles. The maximum atomic E-state index is 12.8. The highest BCUT2D eigenvalue weighted by Crippen LogP contribution is 2.29. The minimum atomic E-state index is -4.47. The number of aryl methyl sites for hydroxylation is 2. The number of hydrogen-bond donors (Lipinski definition) is 1. The van der Waals surface area contributed by atoms with Gasteiger partial charge in [0.05, 0.1) is 12.2 Å². The molecule has 1 N–H and O–H groups in total. The van der Waals surface area contributed by atoms with Crippen molar-refractivity contribution >= 4 is 11.9 Å². The zero-order valence-electron chi connectivity index (χ0n) is 21.3. The van der Waals surface area contributed by atoms with Gasteiger partial charge in [0.15, 0.2) is 0 Å². The van der Waals surface area contributed by atoms with Crippen molar-refractivity contribution in [3.8, 4) is 5.75 Å². The number of nitrogens with zero attached hydrogens (tertiary/aromatic N) is 1. The molecule has 5 nitrogen and oxygen atoms in total. The van der Waals surface area contributed by atoms with Crippen LogP contribution in [0.1, 0.15) is 54.0 Å². The first-order chi connectivity index (χ1) is 18.2. The molecule has 0 aliphatic rings. The first kappa shape index (κ1) is 28.8. The highest BCUT2D eigenvalue weighted by Gasteiger charge is 2.30. The fourth-order valence-electron chi connectivity index (χ4n) is 3.97. The molecule has 0 bridgehead atoms. The van der Waals surface area contributed by atoms with Crippen LogP contribution < -0.4 is 4.74 Å². The number of ether oxygens (including phenoxy) is 1. The molecule has 8 heteroatoms. The number of aliphatic carboxylic acids is 1. The van der Waals surface area contributed by atoms with Crippen molar-refractivity contribution in [1.29, 1.82) is 0 Å². The number of halogens is 3. The first-order valence-electron chi connectivity index (χ1n) is 12.6. The van der Waals surface area contributed by atoms with Gasteiger partial charge in [0.25, 0.3) is 0 Å². The van der Waals surface area contributed by atoms with E-state index < -0.39 is 23.6 Å². The average molecular weight is 528 g/mol. The molecule has 38 heavy (non-hydrogen) atoms. The first-order valence-corrected chi connectivity index (χ1v) is 12.6. The van der Waals surface area contributed by atoms with E-state index in [0.29, 0.717) is 5.56 Å². The molecular weight excluding hydrogens is 495 g/mol. The van der Waals surface area contributed by atoms with E-state index in [9.17, 15) is 27.9 Å². The third-order valence-electron chi connectivity index (χ3n) is 6.16. The van der Waals surface area contributed by atoms with Gasteiger partial charge in [-0.15, -0.1) is 0 Å². The Morgan fingerprint density at radius 1 is 0.763 bits per heavy atom. The number of rotatable bonds is 12. The van der Waals surface area contributed by atoms with Crippen LogP contribution in [0.2, 0.25) is 0 Å². The fourth-order valence-corrected chi connectivity index (χ4v) is 3.97. The lowest BCUT2D eigenvalue weighted by Crippen LogP contribution is -2.35. The molecule has 0 fully saturated rings. The summed E-state index contributed by atoms with van der Waals surface area (Å²) in [5, 5.41) is 9.22. The van der Waals surface area contributed by atoms with E-state index in [0.717, 1.165) is 72.6 Å². The van der Waals surface area contributed by atoms with Crippen molar-refractivity contribution in [2.24, 2.45) is 0 Å². The zero-order chi connectivity index (χ0) is 27.5. The molecule has 0 aromatic heterocycles. The summed E-state index contributed by atoms with van der Waals surface area (Å²) in [5.41, 5.74) is 2.60. The van der Waals surface area contributed by atoms with Gasteiger partial charge >= 0.3 is 18.1 Å². The second-order valence-electron chi connectivity index (χ2n) is 9.18. The van der Waals surface area contributed by atoms with E-state index in [4.69, 9.17) is 4.74 Å². The molecule has 1 amide bonds. The number of carbonyl (C=O) groups excluding carboxylic acids is 1. The smallest absolute Gasteiger partial charge is 0.416 e. The summed E-state index contributed by atoms with van der Waals surface area (Å²) in [4.78, 5) is 24.7. The van der Waals surface area contributed by atoms with Crippen LogP contribution in [0.15, 0.2) is 72.8 Å². The molecule has 0 atom stereocenters. The van der Waals surface area contributed by atoms with Gasteiger partial charge in [-0.2, -0.15) is 13.2 Å². The molecular formula is C30H32F3NO4. The normalized spacial score (nSPS) is 11.3. The highest BCUT2D eigenvalue weighted by molar-refractivity contribution is 6.31. The number of carboxylic acid groups (broad SMARTS) is 1. The van der Waals surface area contributed by atoms with Crippen molar-refractivity contribution in [3.05, 3.63) is 101 Å². The standard InChI is InChI=1S/C30H32F3NO4/c1-2-3-4-19-38-27-17-13-23(14-18-27)6-5-22-7-9-24(10-8-22)20-34(28(35)29(36)37)21-25-11-15-26(16-12-25)30(31,32)33/h7-18H,2-6,19-21H2,1H3,(H,36,37). The lowest BCUT2D eigenvalue weighted by atomic mass is 10.0. The number of carbonyl (C=O) groups is 2. The predicted molar refractivity (Wildman–Crippen MR) is 139 cm³/mol. The number of hydrogen-bond acceptors (Lipinski definition) is 3. The second kappa shape index (κ2) is 13.7. The van der Waals surface area contributed by atoms with E-state index in [1.807, 2.05) is 36.4 Å². The summed E-state index contributed by atoms with van der Waals surface area (Å²) in [5.74, 6) is -1.87. The van der Waals surface area contributed by atoms with Gasteiger partial charge in [0.2, 0.25) is 0 Å². The molecule has 0 saturated heterocycles. The Morgan fingerprint density at radius 2 is 1.24 bits per heavy atom. The van der Waals surface area contributed by atoms with Crippen molar-refractivity contribution in [3.63, 3.8) is 0 Å². The quantitative estimate of drug-likeness (QED) is 0.211. The molecule has 0 aliphatic carbocycles. The van der Waals surface area contributed by atoms with Crippen molar-refractivity contribution in [2.75, 3.05) is 6.61 Å². The maximum Gasteiger partial charge on any atom is 0.416 e. The topological polar surface area (TPSA) is 66.8 Å². The Balaban J connectivity index is 1.56. The SMILES string of the molecule is CCCCCOc1ccc(CCc2ccc(CN(Cc3ccc(C(F)(F)F)cc3)C(=O)C(=O)O)cc2)cc1. The van der Waals surface area contributed by atoms with Crippen LogP contribution in [0.5, 0.6) is 5.75 Å². The molecule has 0 spiro atoms. The largest absolute Gasteiger partial charge is 0.494 e. The molecule has 0 unspecified atom stereocenters. The Morgan fingerprint density at radius 3 is 1.71 bits per heavy atom. The van der Waals surface area contributed by atoms with Crippen LogP contribution in [0.4, 0.5) is 13.2 Å². The van der Waals surface area contributed by atoms with Crippen molar-refractivity contribution in [2.45, 2.75) is 58.3 Å². The molecule has 0 heterocycles. The van der Waals surface area contributed by atoms with Gasteiger partial charge in [-0.25, -0.2) is 4.79 Å². The van der Waals surface area contributed by atoms with Crippen LogP contribution in [-0.4, -0.2) is 28.5 Å². The van der Waals surface area contributed by atoms with E-state index >= 15 is 0 Å². The van der Waals surface area contributed by atoms with Crippen LogP contribution in [0, 0.1) is 0 Å². The monoisotopic (exact) mass is 527 g/mol. The second-order valence-corrected chi connectivity index (χ2v) is 9.18. The molecule has 0 saturated carbocycles. The lowest BCUT2D eigenvalue weighted by molar-refractivity contribution is -0.156. The molecule has 3 aromatic rings. The molecule has 202 valence electrons. The molecule has 0 radical (unpaired) electrons. The molecule has 3 aromatic carbocycles. The third kappa shape index (κ3) is 8.94. The zero-order valence-corrected chi connectivity index (χ0v) is 21.3. The highest BCUT2D eigenvalue weighted by atomic mass is 19.4. The predicted octanol–water partition coefficient (Wildman–Crippen LogP) is 6.67. The number of carboxylic acids is 1. The van der Waals surface area contributed by atoms with Gasteiger partial charge in [0, 0.05) is 13.1 Å². The summed E-state index contributed by atoms with van der Waals surface area (Å²) in [6.45, 7) is 2.78. The van der Waals surface area contributed by atoms with E-state index in [-0.39, 0.29) is 13.1 Å². The summed E-state index contributed by atoms with van der Waals surface area (Å²) in [6.07, 6.45) is 0.538. The fraction of sp³-hybridized carbons (Fsp3) is 0.333. The Hall–Kier alpha value is -3.81. The number of amides is 1. The van der Waals surface area contributed by atoms with Gasteiger partial charge in [-0.1, -0.05) is 68.3 Å². The summed E-state index contributed by atoms with van der Waals surface area (Å²) < 4.78 is 44.2. The summed E-state index contributed by atoms with van der Waals surface area (Å²) >= 11 is 0. The van der Waals surface area contributed by atoms with E-state index in [1.165, 1.54) is 17.7 Å². The van der Waals surface area contributed by atoms with Crippen LogP contribution in [0.3, 0.4) is 0 Å². The average Bonchev–Trinajstić information content (AvgIpc) is 2.90. The van der Waals surface area contributed by atoms with E-state index in [1.54, 1.807) is 0 Å². The van der Waals surface area contributed by atoms with Crippen molar-refractivity contribution < 1.29 is 32.6 Å². The summed E-state index contributed by atoms with van der Waals surface area (Å²) in [6, 6.07) is 19.9. The van der Waals surface area contributed by atoms with Gasteiger partial charge in [-0.05, 0) is 65.8 Å². The van der Waals surface area contributed by atoms with Crippen LogP contribution in [-0.2, 0) is 41.7 Å². The van der Waals surface area contributed by atoms with Crippen LogP contribution >= 0.6 is 0 Å². The van der Waals surface area contributed by atoms with Gasteiger partial charge in [0.1, 0.15) is 5.75 Å². The minimum absolute atomic E-state index is 0.0200. The number of alkyl halides is 3. The Labute approximate surface area is 220 Å². The van der Waals surface area contributed by atoms with Crippen LogP contribution in [0.25, 0.3) is 0 Å². The Bertz CT molecular complexity index is 1170. The maximum absolute atomic E-state index is 12.8. The van der Waals surface area contributed by atoms with Gasteiger partial charge in [-0.3, -0.25) is 4.79 Å². The summed E-state index contributed by atoms with van der Waals surface area (Å²) in [7, 11) is 0. The van der Waals surface area contributed by atoms with Gasteiger partial charge < -0.3 is 14.7 Å². The number of benzene rings is 3. The third-order valence-corrected chi connectivity index (χ3v) is 6.16. The minimum Gasteiger partial charge on any atom is -0.494 e. The van der Waals surface area contributed by atoms with Crippen molar-refractivity contribution in [1.82, 2.24) is 4.90 Å². The number of unbranched alkanes of at least 4 members (excludes halogenated alkanes) is 2.